The minimum atomic E-state index is 0.120. The van der Waals surface area contributed by atoms with E-state index >= 15 is 0 Å². The summed E-state index contributed by atoms with van der Waals surface area (Å²) >= 11 is 0. The fourth-order valence-electron chi connectivity index (χ4n) is 2.66. The van der Waals surface area contributed by atoms with Gasteiger partial charge in [-0.25, -0.2) is 4.98 Å². The molecule has 0 spiro atoms. The number of benzene rings is 1. The predicted molar refractivity (Wildman–Crippen MR) is 69.4 cm³/mol. The van der Waals surface area contributed by atoms with E-state index in [0.29, 0.717) is 6.42 Å². The maximum Gasteiger partial charge on any atom is 0.224 e. The van der Waals surface area contributed by atoms with Crippen LogP contribution in [0, 0.1) is 5.92 Å². The average molecular weight is 241 g/mol. The summed E-state index contributed by atoms with van der Waals surface area (Å²) < 4.78 is 2.22. The predicted octanol–water partition coefficient (Wildman–Crippen LogP) is 2.33. The van der Waals surface area contributed by atoms with Crippen LogP contribution in [0.5, 0.6) is 0 Å². The van der Waals surface area contributed by atoms with Crippen LogP contribution in [0.25, 0.3) is 11.0 Å². The van der Waals surface area contributed by atoms with Gasteiger partial charge in [0.25, 0.3) is 0 Å². The Labute approximate surface area is 105 Å². The van der Waals surface area contributed by atoms with Gasteiger partial charge >= 0.3 is 0 Å². The minimum Gasteiger partial charge on any atom is -0.330 e. The molecule has 1 aliphatic heterocycles. The number of imidazole rings is 1. The second-order valence-corrected chi connectivity index (χ2v) is 5.39. The first-order chi connectivity index (χ1) is 8.79. The Morgan fingerprint density at radius 1 is 1.33 bits per heavy atom. The molecule has 2 heterocycles. The molecule has 2 aliphatic rings. The molecule has 0 atom stereocenters. The van der Waals surface area contributed by atoms with E-state index in [0.717, 1.165) is 35.6 Å². The summed E-state index contributed by atoms with van der Waals surface area (Å²) in [4.78, 5) is 15.9. The van der Waals surface area contributed by atoms with Gasteiger partial charge in [-0.3, -0.25) is 4.79 Å². The molecular weight excluding hydrogens is 226 g/mol. The Bertz CT molecular complexity index is 640. The zero-order valence-corrected chi connectivity index (χ0v) is 10.1. The SMILES string of the molecule is O=C1CCc2cc3ncn(CC4CC4)c3cc2N1. The number of amides is 1. The molecule has 1 aromatic carbocycles. The van der Waals surface area contributed by atoms with Crippen molar-refractivity contribution in [1.29, 1.82) is 0 Å². The molecule has 1 N–H and O–H groups in total. The number of anilines is 1. The Hall–Kier alpha value is -1.84. The number of hydrogen-bond donors (Lipinski definition) is 1. The highest BCUT2D eigenvalue weighted by Crippen LogP contribution is 2.33. The van der Waals surface area contributed by atoms with Gasteiger partial charge in [-0.05, 0) is 42.9 Å². The van der Waals surface area contributed by atoms with Crippen LogP contribution in [0.2, 0.25) is 0 Å². The zero-order chi connectivity index (χ0) is 12.1. The number of carbonyl (C=O) groups is 1. The van der Waals surface area contributed by atoms with Crippen molar-refractivity contribution >= 4 is 22.6 Å². The van der Waals surface area contributed by atoms with Crippen molar-refractivity contribution in [1.82, 2.24) is 9.55 Å². The minimum absolute atomic E-state index is 0.120. The van der Waals surface area contributed by atoms with E-state index in [9.17, 15) is 4.79 Å². The Kier molecular flexibility index (Phi) is 2.01. The van der Waals surface area contributed by atoms with Gasteiger partial charge in [-0.15, -0.1) is 0 Å². The first kappa shape index (κ1) is 10.1. The molecule has 1 aliphatic carbocycles. The van der Waals surface area contributed by atoms with Crippen LogP contribution in [0.3, 0.4) is 0 Å². The molecular formula is C14H15N3O. The lowest BCUT2D eigenvalue weighted by Gasteiger charge is -2.16. The van der Waals surface area contributed by atoms with Crippen molar-refractivity contribution in [2.24, 2.45) is 5.92 Å². The summed E-state index contributed by atoms with van der Waals surface area (Å²) in [7, 11) is 0. The van der Waals surface area contributed by atoms with Crippen LogP contribution in [-0.2, 0) is 17.8 Å². The number of rotatable bonds is 2. The molecule has 92 valence electrons. The van der Waals surface area contributed by atoms with Crippen LogP contribution in [0.4, 0.5) is 5.69 Å². The van der Waals surface area contributed by atoms with Crippen LogP contribution >= 0.6 is 0 Å². The van der Waals surface area contributed by atoms with Gasteiger partial charge in [0, 0.05) is 18.7 Å². The van der Waals surface area contributed by atoms with E-state index in [1.54, 1.807) is 0 Å². The highest BCUT2D eigenvalue weighted by molar-refractivity contribution is 5.96. The van der Waals surface area contributed by atoms with Gasteiger partial charge in [0.05, 0.1) is 17.4 Å². The Morgan fingerprint density at radius 3 is 3.06 bits per heavy atom. The smallest absolute Gasteiger partial charge is 0.224 e. The third kappa shape index (κ3) is 1.60. The van der Waals surface area contributed by atoms with Crippen LogP contribution in [-0.4, -0.2) is 15.5 Å². The normalized spacial score (nSPS) is 18.8. The molecule has 1 fully saturated rings. The fraction of sp³-hybridized carbons (Fsp3) is 0.429. The van der Waals surface area contributed by atoms with Gasteiger partial charge in [0.2, 0.25) is 5.91 Å². The number of aryl methyl sites for hydroxylation is 1. The summed E-state index contributed by atoms with van der Waals surface area (Å²) in [6.45, 7) is 1.06. The van der Waals surface area contributed by atoms with Gasteiger partial charge in [0.15, 0.2) is 0 Å². The average Bonchev–Trinajstić information content (AvgIpc) is 3.10. The van der Waals surface area contributed by atoms with E-state index in [1.807, 2.05) is 6.33 Å². The summed E-state index contributed by atoms with van der Waals surface area (Å²) in [6, 6.07) is 4.20. The molecule has 1 amide bonds. The van der Waals surface area contributed by atoms with Crippen LogP contribution < -0.4 is 5.32 Å². The number of carbonyl (C=O) groups excluding carboxylic acids is 1. The largest absolute Gasteiger partial charge is 0.330 e. The summed E-state index contributed by atoms with van der Waals surface area (Å²) in [5.74, 6) is 0.947. The summed E-state index contributed by atoms with van der Waals surface area (Å²) in [5, 5.41) is 2.96. The van der Waals surface area contributed by atoms with Crippen LogP contribution in [0.15, 0.2) is 18.5 Å². The van der Waals surface area contributed by atoms with Gasteiger partial charge in [0.1, 0.15) is 0 Å². The lowest BCUT2D eigenvalue weighted by Crippen LogP contribution is -2.18. The number of hydrogen-bond acceptors (Lipinski definition) is 2. The lowest BCUT2D eigenvalue weighted by molar-refractivity contribution is -0.116. The van der Waals surface area contributed by atoms with Crippen molar-refractivity contribution in [2.75, 3.05) is 5.32 Å². The van der Waals surface area contributed by atoms with Crippen LogP contribution in [0.1, 0.15) is 24.8 Å². The first-order valence-corrected chi connectivity index (χ1v) is 6.57. The third-order valence-electron chi connectivity index (χ3n) is 3.89. The fourth-order valence-corrected chi connectivity index (χ4v) is 2.66. The third-order valence-corrected chi connectivity index (χ3v) is 3.89. The maximum absolute atomic E-state index is 11.4. The molecule has 0 saturated heterocycles. The van der Waals surface area contributed by atoms with Gasteiger partial charge in [-0.1, -0.05) is 0 Å². The molecule has 0 bridgehead atoms. The molecule has 1 aromatic heterocycles. The standard InChI is InChI=1S/C14H15N3O/c18-14-4-3-10-5-12-13(6-11(10)16-14)17(8-15-12)7-9-1-2-9/h5-6,8-9H,1-4,7H2,(H,16,18). The molecule has 0 radical (unpaired) electrons. The number of nitrogens with zero attached hydrogens (tertiary/aromatic N) is 2. The number of aromatic nitrogens is 2. The van der Waals surface area contributed by atoms with E-state index in [1.165, 1.54) is 18.4 Å². The van der Waals surface area contributed by atoms with E-state index in [2.05, 4.69) is 27.0 Å². The quantitative estimate of drug-likeness (QED) is 0.877. The van der Waals surface area contributed by atoms with Crippen molar-refractivity contribution in [3.63, 3.8) is 0 Å². The molecule has 0 unspecified atom stereocenters. The topological polar surface area (TPSA) is 46.9 Å². The van der Waals surface area contributed by atoms with Crippen molar-refractivity contribution in [3.8, 4) is 0 Å². The van der Waals surface area contributed by atoms with E-state index in [4.69, 9.17) is 0 Å². The Morgan fingerprint density at radius 2 is 2.22 bits per heavy atom. The summed E-state index contributed by atoms with van der Waals surface area (Å²) in [5.41, 5.74) is 4.36. The molecule has 4 nitrogen and oxygen atoms in total. The number of nitrogens with one attached hydrogen (secondary N) is 1. The van der Waals surface area contributed by atoms with Gasteiger partial charge in [-0.2, -0.15) is 0 Å². The lowest BCUT2D eigenvalue weighted by atomic mass is 10.0. The van der Waals surface area contributed by atoms with E-state index < -0.39 is 0 Å². The molecule has 4 rings (SSSR count). The molecule has 1 saturated carbocycles. The molecule has 4 heteroatoms. The zero-order valence-electron chi connectivity index (χ0n) is 10.1. The van der Waals surface area contributed by atoms with Crippen molar-refractivity contribution in [3.05, 3.63) is 24.0 Å². The maximum atomic E-state index is 11.4. The van der Waals surface area contributed by atoms with E-state index in [-0.39, 0.29) is 5.91 Å². The highest BCUT2D eigenvalue weighted by atomic mass is 16.1. The second-order valence-electron chi connectivity index (χ2n) is 5.39. The van der Waals surface area contributed by atoms with Crippen molar-refractivity contribution in [2.45, 2.75) is 32.2 Å². The number of fused-ring (bicyclic) bond motifs is 2. The van der Waals surface area contributed by atoms with Crippen molar-refractivity contribution < 1.29 is 4.79 Å². The monoisotopic (exact) mass is 241 g/mol. The molecule has 18 heavy (non-hydrogen) atoms. The molecule has 2 aromatic rings. The Balaban J connectivity index is 1.81. The summed E-state index contributed by atoms with van der Waals surface area (Å²) in [6.07, 6.45) is 6.01. The van der Waals surface area contributed by atoms with Gasteiger partial charge < -0.3 is 9.88 Å². The first-order valence-electron chi connectivity index (χ1n) is 6.57. The highest BCUT2D eigenvalue weighted by Gasteiger charge is 2.23. The second kappa shape index (κ2) is 3.57.